The minimum Gasteiger partial charge on any atom is -0.271 e. The van der Waals surface area contributed by atoms with Gasteiger partial charge in [0.15, 0.2) is 11.4 Å². The lowest BCUT2D eigenvalue weighted by molar-refractivity contribution is 0.629. The van der Waals surface area contributed by atoms with Gasteiger partial charge in [-0.15, -0.1) is 6.42 Å². The van der Waals surface area contributed by atoms with Crippen molar-refractivity contribution in [2.24, 2.45) is 4.99 Å². The van der Waals surface area contributed by atoms with Crippen LogP contribution in [0.15, 0.2) is 23.2 Å². The lowest BCUT2D eigenvalue weighted by Crippen LogP contribution is -2.12. The summed E-state index contributed by atoms with van der Waals surface area (Å²) in [6, 6.07) is 4.29. The van der Waals surface area contributed by atoms with E-state index in [9.17, 15) is 4.39 Å². The molecule has 80 valence electrons. The molecule has 0 amide bonds. The fraction of sp³-hybridized carbons (Fsp3) is 0.0909. The molecule has 0 aliphatic carbocycles. The van der Waals surface area contributed by atoms with Crippen molar-refractivity contribution in [2.75, 3.05) is 6.26 Å². The van der Waals surface area contributed by atoms with Crippen LogP contribution in [0.2, 0.25) is 0 Å². The van der Waals surface area contributed by atoms with Crippen molar-refractivity contribution in [3.63, 3.8) is 0 Å². The number of benzene rings is 1. The summed E-state index contributed by atoms with van der Waals surface area (Å²) in [5.41, 5.74) is 0.599. The molecule has 0 aliphatic heterocycles. The Kier molecular flexibility index (Phi) is 4.38. The molecule has 1 aromatic rings. The van der Waals surface area contributed by atoms with Crippen LogP contribution in [0.25, 0.3) is 0 Å². The van der Waals surface area contributed by atoms with Crippen LogP contribution in [-0.2, 0) is 0 Å². The summed E-state index contributed by atoms with van der Waals surface area (Å²) >= 11 is 1.22. The molecule has 0 fully saturated rings. The molecular formula is C11H8FN3S. The van der Waals surface area contributed by atoms with Crippen molar-refractivity contribution in [3.8, 4) is 18.5 Å². The van der Waals surface area contributed by atoms with Crippen molar-refractivity contribution in [1.82, 2.24) is 5.32 Å². The Balaban J connectivity index is 3.07. The van der Waals surface area contributed by atoms with Gasteiger partial charge in [0.1, 0.15) is 11.5 Å². The molecule has 0 saturated heterocycles. The average molecular weight is 233 g/mol. The number of nitrogens with zero attached hydrogens (tertiary/aromatic N) is 2. The summed E-state index contributed by atoms with van der Waals surface area (Å²) < 4.78 is 13.5. The molecule has 0 spiro atoms. The first-order valence-electron chi connectivity index (χ1n) is 4.25. The molecule has 16 heavy (non-hydrogen) atoms. The number of amidine groups is 1. The van der Waals surface area contributed by atoms with E-state index >= 15 is 0 Å². The highest BCUT2D eigenvalue weighted by Crippen LogP contribution is 2.19. The first kappa shape index (κ1) is 12.1. The van der Waals surface area contributed by atoms with E-state index in [-0.39, 0.29) is 5.69 Å². The normalized spacial score (nSPS) is 10.4. The highest BCUT2D eigenvalue weighted by Gasteiger charge is 2.03. The van der Waals surface area contributed by atoms with Gasteiger partial charge in [0.05, 0.1) is 0 Å². The summed E-state index contributed by atoms with van der Waals surface area (Å²) in [4.78, 5) is 3.94. The Bertz CT molecular complexity index is 497. The average Bonchev–Trinajstić information content (AvgIpc) is 2.30. The van der Waals surface area contributed by atoms with E-state index < -0.39 is 5.82 Å². The van der Waals surface area contributed by atoms with Crippen LogP contribution >= 0.6 is 11.8 Å². The fourth-order valence-corrected chi connectivity index (χ4v) is 1.31. The number of aliphatic imine (C=N–C) groups is 1. The standard InChI is InChI=1S/C11H8FN3S/c1-3-8-4-5-10(9(12)6-8)15-11(16-2)14-7-13/h1,4-6H,2H3,(H,14,15). The number of terminal acetylenes is 1. The van der Waals surface area contributed by atoms with E-state index in [1.807, 2.05) is 0 Å². The quantitative estimate of drug-likeness (QED) is 0.266. The SMILES string of the molecule is C#Cc1ccc(N=C(NC#N)SC)c(F)c1. The predicted octanol–water partition coefficient (Wildman–Crippen LogP) is 2.23. The molecule has 0 atom stereocenters. The molecule has 0 unspecified atom stereocenters. The third kappa shape index (κ3) is 3.01. The molecule has 0 radical (unpaired) electrons. The zero-order valence-electron chi connectivity index (χ0n) is 8.49. The number of nitriles is 1. The molecule has 1 rings (SSSR count). The maximum atomic E-state index is 13.5. The summed E-state index contributed by atoms with van der Waals surface area (Å²) in [5, 5.41) is 11.1. The van der Waals surface area contributed by atoms with Crippen molar-refractivity contribution in [2.45, 2.75) is 0 Å². The smallest absolute Gasteiger partial charge is 0.183 e. The van der Waals surface area contributed by atoms with Gasteiger partial charge < -0.3 is 0 Å². The van der Waals surface area contributed by atoms with E-state index in [0.717, 1.165) is 0 Å². The second kappa shape index (κ2) is 5.79. The Morgan fingerprint density at radius 3 is 2.88 bits per heavy atom. The number of rotatable bonds is 1. The van der Waals surface area contributed by atoms with Crippen molar-refractivity contribution in [1.29, 1.82) is 5.26 Å². The van der Waals surface area contributed by atoms with E-state index in [1.54, 1.807) is 18.5 Å². The van der Waals surface area contributed by atoms with Gasteiger partial charge in [0.25, 0.3) is 0 Å². The minimum absolute atomic E-state index is 0.145. The van der Waals surface area contributed by atoms with Gasteiger partial charge in [0.2, 0.25) is 0 Å². The topological polar surface area (TPSA) is 48.2 Å². The molecule has 1 aromatic carbocycles. The van der Waals surface area contributed by atoms with E-state index in [4.69, 9.17) is 11.7 Å². The van der Waals surface area contributed by atoms with Crippen LogP contribution < -0.4 is 5.32 Å². The highest BCUT2D eigenvalue weighted by molar-refractivity contribution is 8.13. The number of thioether (sulfide) groups is 1. The van der Waals surface area contributed by atoms with Gasteiger partial charge in [-0.25, -0.2) is 9.38 Å². The van der Waals surface area contributed by atoms with Crippen LogP contribution in [0, 0.1) is 29.6 Å². The van der Waals surface area contributed by atoms with Gasteiger partial charge in [-0.05, 0) is 24.5 Å². The van der Waals surface area contributed by atoms with Gasteiger partial charge >= 0.3 is 0 Å². The van der Waals surface area contributed by atoms with Gasteiger partial charge in [-0.3, -0.25) is 5.32 Å². The van der Waals surface area contributed by atoms with Gasteiger partial charge in [0, 0.05) is 5.56 Å². The Morgan fingerprint density at radius 2 is 2.38 bits per heavy atom. The van der Waals surface area contributed by atoms with E-state index in [2.05, 4.69) is 16.2 Å². The number of halogens is 1. The first-order chi connectivity index (χ1) is 7.71. The summed E-state index contributed by atoms with van der Waals surface area (Å²) in [6.07, 6.45) is 8.59. The van der Waals surface area contributed by atoms with Crippen LogP contribution in [0.5, 0.6) is 0 Å². The number of nitrogens with one attached hydrogen (secondary N) is 1. The molecule has 1 N–H and O–H groups in total. The van der Waals surface area contributed by atoms with Gasteiger partial charge in [-0.2, -0.15) is 5.26 Å². The van der Waals surface area contributed by atoms with Crippen LogP contribution in [0.1, 0.15) is 5.56 Å². The van der Waals surface area contributed by atoms with Crippen molar-refractivity contribution < 1.29 is 4.39 Å². The number of hydrogen-bond acceptors (Lipinski definition) is 3. The predicted molar refractivity (Wildman–Crippen MR) is 63.7 cm³/mol. The monoisotopic (exact) mass is 233 g/mol. The lowest BCUT2D eigenvalue weighted by Gasteiger charge is -2.01. The Morgan fingerprint density at radius 1 is 1.62 bits per heavy atom. The molecule has 3 nitrogen and oxygen atoms in total. The second-order valence-corrected chi connectivity index (χ2v) is 3.46. The largest absolute Gasteiger partial charge is 0.271 e. The number of hydrogen-bond donors (Lipinski definition) is 1. The first-order valence-corrected chi connectivity index (χ1v) is 5.47. The van der Waals surface area contributed by atoms with Crippen molar-refractivity contribution >= 4 is 22.6 Å². The Hall–Kier alpha value is -1.98. The maximum Gasteiger partial charge on any atom is 0.183 e. The van der Waals surface area contributed by atoms with Gasteiger partial charge in [-0.1, -0.05) is 17.7 Å². The minimum atomic E-state index is -0.512. The molecule has 0 bridgehead atoms. The fourth-order valence-electron chi connectivity index (χ4n) is 0.969. The third-order valence-corrected chi connectivity index (χ3v) is 2.27. The summed E-state index contributed by atoms with van der Waals surface area (Å²) in [5.74, 6) is 1.81. The molecule has 0 aliphatic rings. The zero-order valence-corrected chi connectivity index (χ0v) is 9.31. The second-order valence-electron chi connectivity index (χ2n) is 2.67. The van der Waals surface area contributed by atoms with Crippen LogP contribution in [0.3, 0.4) is 0 Å². The van der Waals surface area contributed by atoms with Crippen LogP contribution in [0.4, 0.5) is 10.1 Å². The molecule has 0 saturated carbocycles. The van der Waals surface area contributed by atoms with E-state index in [1.165, 1.54) is 23.9 Å². The molecule has 5 heteroatoms. The third-order valence-electron chi connectivity index (χ3n) is 1.69. The Labute approximate surface area is 97.4 Å². The molecule has 0 heterocycles. The lowest BCUT2D eigenvalue weighted by atomic mass is 10.2. The maximum absolute atomic E-state index is 13.5. The zero-order chi connectivity index (χ0) is 12.0. The molecular weight excluding hydrogens is 225 g/mol. The molecule has 0 aromatic heterocycles. The van der Waals surface area contributed by atoms with Crippen molar-refractivity contribution in [3.05, 3.63) is 29.6 Å². The summed E-state index contributed by atoms with van der Waals surface area (Å²) in [7, 11) is 0. The summed E-state index contributed by atoms with van der Waals surface area (Å²) in [6.45, 7) is 0. The van der Waals surface area contributed by atoms with Crippen LogP contribution in [-0.4, -0.2) is 11.4 Å². The highest BCUT2D eigenvalue weighted by atomic mass is 32.2. The van der Waals surface area contributed by atoms with E-state index in [0.29, 0.717) is 10.7 Å².